The van der Waals surface area contributed by atoms with Crippen molar-refractivity contribution in [3.63, 3.8) is 0 Å². The quantitative estimate of drug-likeness (QED) is 0.394. The molecule has 0 aromatic rings. The van der Waals surface area contributed by atoms with Gasteiger partial charge in [0.05, 0.1) is 0 Å². The zero-order valence-corrected chi connectivity index (χ0v) is 8.77. The van der Waals surface area contributed by atoms with Crippen LogP contribution in [0.15, 0.2) is 5.16 Å². The second-order valence-electron chi connectivity index (χ2n) is 2.66. The van der Waals surface area contributed by atoms with E-state index in [0.717, 1.165) is 4.90 Å². The van der Waals surface area contributed by atoms with Crippen LogP contribution in [0.4, 0.5) is 4.79 Å². The molecule has 7 nitrogen and oxygen atoms in total. The molecule has 0 rings (SSSR count). The summed E-state index contributed by atoms with van der Waals surface area (Å²) in [5.74, 6) is -0.623. The molecule has 0 saturated heterocycles. The highest BCUT2D eigenvalue weighted by atomic mass is 16.7. The van der Waals surface area contributed by atoms with Crippen molar-refractivity contribution in [2.24, 2.45) is 5.16 Å². The van der Waals surface area contributed by atoms with Crippen molar-refractivity contribution in [3.8, 4) is 6.07 Å². The molecule has 0 spiro atoms. The number of carbonyl (C=O) groups is 2. The minimum absolute atomic E-state index is 0.373. The summed E-state index contributed by atoms with van der Waals surface area (Å²) in [6, 6.07) is 1.53. The lowest BCUT2D eigenvalue weighted by Gasteiger charge is -2.06. The lowest BCUT2D eigenvalue weighted by Crippen LogP contribution is -2.30. The van der Waals surface area contributed by atoms with Gasteiger partial charge in [-0.1, -0.05) is 5.16 Å². The first kappa shape index (κ1) is 12.9. The van der Waals surface area contributed by atoms with E-state index in [1.807, 2.05) is 0 Å². The van der Waals surface area contributed by atoms with Gasteiger partial charge in [0.15, 0.2) is 0 Å². The summed E-state index contributed by atoms with van der Waals surface area (Å²) >= 11 is 0. The molecule has 0 saturated carbocycles. The van der Waals surface area contributed by atoms with Crippen molar-refractivity contribution in [3.05, 3.63) is 0 Å². The number of nitrogens with one attached hydrogen (secondary N) is 1. The van der Waals surface area contributed by atoms with Gasteiger partial charge in [-0.15, -0.1) is 0 Å². The fourth-order valence-corrected chi connectivity index (χ4v) is 0.583. The van der Waals surface area contributed by atoms with Crippen LogP contribution in [-0.2, 0) is 9.63 Å². The highest BCUT2D eigenvalue weighted by Crippen LogP contribution is 1.87. The fourth-order valence-electron chi connectivity index (χ4n) is 0.583. The number of carbonyl (C=O) groups excluding carboxylic acids is 2. The van der Waals surface area contributed by atoms with Gasteiger partial charge in [0.2, 0.25) is 5.71 Å². The number of hydrogen-bond donors (Lipinski definition) is 1. The van der Waals surface area contributed by atoms with Gasteiger partial charge in [0.25, 0.3) is 5.91 Å². The molecule has 0 fully saturated rings. The van der Waals surface area contributed by atoms with Crippen molar-refractivity contribution >= 4 is 17.7 Å². The normalized spacial score (nSPS) is 10.1. The Bertz CT molecular complexity index is 316. The van der Waals surface area contributed by atoms with Gasteiger partial charge in [-0.2, -0.15) is 5.26 Å². The fraction of sp³-hybridized carbons (Fsp3) is 0.500. The van der Waals surface area contributed by atoms with E-state index >= 15 is 0 Å². The van der Waals surface area contributed by atoms with Crippen LogP contribution in [0, 0.1) is 11.3 Å². The first-order chi connectivity index (χ1) is 7.02. The number of nitrogens with zero attached hydrogens (tertiary/aromatic N) is 3. The third-order valence-electron chi connectivity index (χ3n) is 1.26. The number of hydrogen-bond acceptors (Lipinski definition) is 5. The second-order valence-corrected chi connectivity index (χ2v) is 2.66. The molecule has 1 N–H and O–H groups in total. The molecule has 0 unspecified atom stereocenters. The average molecular weight is 212 g/mol. The summed E-state index contributed by atoms with van der Waals surface area (Å²) in [5, 5.41) is 14.0. The first-order valence-corrected chi connectivity index (χ1v) is 4.17. The molecule has 0 aromatic heterocycles. The third kappa shape index (κ3) is 4.61. The minimum Gasteiger partial charge on any atom is -0.343 e. The summed E-state index contributed by atoms with van der Waals surface area (Å²) in [6.07, 6.45) is -0.809. The maximum absolute atomic E-state index is 11.2. The van der Waals surface area contributed by atoms with Crippen LogP contribution >= 0.6 is 0 Å². The van der Waals surface area contributed by atoms with E-state index in [0.29, 0.717) is 6.54 Å². The van der Waals surface area contributed by atoms with E-state index < -0.39 is 17.7 Å². The zero-order valence-electron chi connectivity index (χ0n) is 8.77. The molecule has 15 heavy (non-hydrogen) atoms. The molecule has 0 aliphatic rings. The number of nitriles is 1. The maximum Gasteiger partial charge on any atom is 0.433 e. The molecule has 2 amide bonds. The lowest BCUT2D eigenvalue weighted by molar-refractivity contribution is -0.121. The highest BCUT2D eigenvalue weighted by molar-refractivity contribution is 6.44. The van der Waals surface area contributed by atoms with Gasteiger partial charge >= 0.3 is 6.09 Å². The highest BCUT2D eigenvalue weighted by Gasteiger charge is 2.14. The number of oxime groups is 1. The van der Waals surface area contributed by atoms with Gasteiger partial charge < -0.3 is 10.2 Å². The van der Waals surface area contributed by atoms with Crippen LogP contribution in [0.1, 0.15) is 6.92 Å². The van der Waals surface area contributed by atoms with Gasteiger partial charge in [-0.25, -0.2) is 4.79 Å². The Morgan fingerprint density at radius 3 is 2.53 bits per heavy atom. The molecular weight excluding hydrogens is 200 g/mol. The number of amides is 2. The maximum atomic E-state index is 11.2. The molecule has 7 heteroatoms. The zero-order chi connectivity index (χ0) is 11.8. The van der Waals surface area contributed by atoms with E-state index in [-0.39, 0.29) is 0 Å². The molecule has 0 aliphatic heterocycles. The van der Waals surface area contributed by atoms with E-state index in [1.165, 1.54) is 20.2 Å². The van der Waals surface area contributed by atoms with Crippen LogP contribution < -0.4 is 5.32 Å². The standard InChI is InChI=1S/C8H12N4O3/c1-4-10-8(14)15-11-6(5-9)7(13)12(2)3/h4H2,1-3H3,(H,10,14). The number of rotatable bonds is 3. The summed E-state index contributed by atoms with van der Waals surface area (Å²) in [5.41, 5.74) is -0.480. The molecule has 0 heterocycles. The van der Waals surface area contributed by atoms with E-state index in [1.54, 1.807) is 6.92 Å². The van der Waals surface area contributed by atoms with Crippen LogP contribution in [-0.4, -0.2) is 43.3 Å². The SMILES string of the molecule is CCNC(=O)ON=C(C#N)C(=O)N(C)C. The molecule has 0 radical (unpaired) electrons. The second kappa shape index (κ2) is 6.37. The van der Waals surface area contributed by atoms with Gasteiger partial charge in [0, 0.05) is 20.6 Å². The lowest BCUT2D eigenvalue weighted by atomic mass is 10.4. The average Bonchev–Trinajstić information content (AvgIpc) is 2.18. The minimum atomic E-state index is -0.809. The molecule has 0 bridgehead atoms. The topological polar surface area (TPSA) is 94.8 Å². The predicted molar refractivity (Wildman–Crippen MR) is 51.9 cm³/mol. The molecule has 0 atom stereocenters. The summed E-state index contributed by atoms with van der Waals surface area (Å²) in [4.78, 5) is 27.4. The van der Waals surface area contributed by atoms with Crippen molar-refractivity contribution < 1.29 is 14.4 Å². The van der Waals surface area contributed by atoms with Crippen molar-refractivity contribution in [2.75, 3.05) is 20.6 Å². The molecular formula is C8H12N4O3. The monoisotopic (exact) mass is 212 g/mol. The molecule has 0 aliphatic carbocycles. The largest absolute Gasteiger partial charge is 0.433 e. The van der Waals surface area contributed by atoms with Crippen LogP contribution in [0.5, 0.6) is 0 Å². The smallest absolute Gasteiger partial charge is 0.343 e. The van der Waals surface area contributed by atoms with Crippen LogP contribution in [0.2, 0.25) is 0 Å². The van der Waals surface area contributed by atoms with Crippen molar-refractivity contribution in [2.45, 2.75) is 6.92 Å². The van der Waals surface area contributed by atoms with Gasteiger partial charge in [-0.3, -0.25) is 9.63 Å². The predicted octanol–water partition coefficient (Wildman–Crippen LogP) is -0.300. The van der Waals surface area contributed by atoms with E-state index in [9.17, 15) is 9.59 Å². The Morgan fingerprint density at radius 1 is 1.53 bits per heavy atom. The van der Waals surface area contributed by atoms with Gasteiger partial charge in [-0.05, 0) is 6.92 Å². The Morgan fingerprint density at radius 2 is 2.13 bits per heavy atom. The Kier molecular flexibility index (Phi) is 5.48. The van der Waals surface area contributed by atoms with Crippen molar-refractivity contribution in [1.82, 2.24) is 10.2 Å². The Balaban J connectivity index is 4.44. The summed E-state index contributed by atoms with van der Waals surface area (Å²) in [7, 11) is 2.92. The van der Waals surface area contributed by atoms with Crippen LogP contribution in [0.3, 0.4) is 0 Å². The summed E-state index contributed by atoms with van der Waals surface area (Å²) < 4.78 is 0. The third-order valence-corrected chi connectivity index (χ3v) is 1.26. The Labute approximate surface area is 87.3 Å². The molecule has 0 aromatic carbocycles. The molecule has 82 valence electrons. The first-order valence-electron chi connectivity index (χ1n) is 4.17. The van der Waals surface area contributed by atoms with Gasteiger partial charge in [0.1, 0.15) is 6.07 Å². The van der Waals surface area contributed by atoms with E-state index in [4.69, 9.17) is 5.26 Å². The van der Waals surface area contributed by atoms with E-state index in [2.05, 4.69) is 15.3 Å². The van der Waals surface area contributed by atoms with Crippen LogP contribution in [0.25, 0.3) is 0 Å². The Hall–Kier alpha value is -2.10. The summed E-state index contributed by atoms with van der Waals surface area (Å²) in [6.45, 7) is 2.07. The van der Waals surface area contributed by atoms with Crippen molar-refractivity contribution in [1.29, 1.82) is 5.26 Å².